The maximum atomic E-state index is 12.9. The van der Waals surface area contributed by atoms with Gasteiger partial charge in [0.25, 0.3) is 5.91 Å². The van der Waals surface area contributed by atoms with Crippen molar-refractivity contribution >= 4 is 5.91 Å². The lowest BCUT2D eigenvalue weighted by Crippen LogP contribution is -2.31. The Hall–Kier alpha value is -2.11. The van der Waals surface area contributed by atoms with Crippen molar-refractivity contribution in [2.45, 2.75) is 53.0 Å². The second-order valence-corrected chi connectivity index (χ2v) is 5.81. The van der Waals surface area contributed by atoms with Gasteiger partial charge < -0.3 is 13.9 Å². The first-order chi connectivity index (χ1) is 10.5. The molecule has 1 fully saturated rings. The Bertz CT molecular complexity index is 682. The third kappa shape index (κ3) is 2.23. The van der Waals surface area contributed by atoms with Crippen LogP contribution >= 0.6 is 0 Å². The van der Waals surface area contributed by atoms with E-state index < -0.39 is 0 Å². The number of aryl methyl sites for hydroxylation is 4. The lowest BCUT2D eigenvalue weighted by Gasteiger charge is -2.25. The van der Waals surface area contributed by atoms with Crippen molar-refractivity contribution in [3.63, 3.8) is 0 Å². The van der Waals surface area contributed by atoms with Crippen molar-refractivity contribution in [2.24, 2.45) is 0 Å². The zero-order valence-electron chi connectivity index (χ0n) is 13.5. The molecule has 1 amide bonds. The maximum absolute atomic E-state index is 12.9. The molecule has 0 unspecified atom stereocenters. The second kappa shape index (κ2) is 5.59. The summed E-state index contributed by atoms with van der Waals surface area (Å²) in [5.41, 5.74) is 3.17. The van der Waals surface area contributed by atoms with E-state index in [1.807, 2.05) is 18.7 Å². The summed E-state index contributed by atoms with van der Waals surface area (Å²) in [6, 6.07) is 0.0300. The summed E-state index contributed by atoms with van der Waals surface area (Å²) < 4.78 is 10.5. The molecule has 22 heavy (non-hydrogen) atoms. The number of carbonyl (C=O) groups excluding carboxylic acids is 1. The summed E-state index contributed by atoms with van der Waals surface area (Å²) in [4.78, 5) is 14.8. The normalized spacial score (nSPS) is 18.2. The molecular formula is C16H21N3O3. The van der Waals surface area contributed by atoms with Gasteiger partial charge in [-0.3, -0.25) is 4.79 Å². The molecule has 1 atom stereocenters. The number of hydrogen-bond acceptors (Lipinski definition) is 5. The van der Waals surface area contributed by atoms with E-state index in [1.165, 1.54) is 0 Å². The number of aromatic nitrogens is 2. The molecule has 1 saturated heterocycles. The monoisotopic (exact) mass is 303 g/mol. The average Bonchev–Trinajstić information content (AvgIpc) is 3.17. The predicted molar refractivity (Wildman–Crippen MR) is 79.6 cm³/mol. The second-order valence-electron chi connectivity index (χ2n) is 5.81. The number of carbonyl (C=O) groups is 1. The molecule has 1 aliphatic rings. The van der Waals surface area contributed by atoms with E-state index in [9.17, 15) is 4.79 Å². The molecule has 0 bridgehead atoms. The Morgan fingerprint density at radius 3 is 2.59 bits per heavy atom. The molecule has 118 valence electrons. The van der Waals surface area contributed by atoms with Gasteiger partial charge in [-0.2, -0.15) is 0 Å². The van der Waals surface area contributed by atoms with Gasteiger partial charge in [-0.05, 0) is 33.6 Å². The summed E-state index contributed by atoms with van der Waals surface area (Å²) in [5, 5.41) is 7.97. The quantitative estimate of drug-likeness (QED) is 0.871. The summed E-state index contributed by atoms with van der Waals surface area (Å²) in [6.07, 6.45) is 2.69. The van der Waals surface area contributed by atoms with Crippen LogP contribution in [-0.2, 0) is 6.42 Å². The van der Waals surface area contributed by atoms with Crippen LogP contribution in [0.25, 0.3) is 0 Å². The Kier molecular flexibility index (Phi) is 3.76. The van der Waals surface area contributed by atoms with Crippen LogP contribution < -0.4 is 0 Å². The summed E-state index contributed by atoms with van der Waals surface area (Å²) in [6.45, 7) is 8.30. The standard InChI is InChI=1S/C16H21N3O3/c1-5-13-15(10(3)18-22-13)12-7-6-8-19(12)16(20)14-9(2)17-21-11(14)4/h12H,5-8H2,1-4H3/t12-/m0/s1. The van der Waals surface area contributed by atoms with Crippen molar-refractivity contribution in [2.75, 3.05) is 6.54 Å². The van der Waals surface area contributed by atoms with E-state index >= 15 is 0 Å². The van der Waals surface area contributed by atoms with Gasteiger partial charge in [0.15, 0.2) is 0 Å². The number of amides is 1. The molecule has 2 aromatic rings. The van der Waals surface area contributed by atoms with Crippen molar-refractivity contribution < 1.29 is 13.8 Å². The fraction of sp³-hybridized carbons (Fsp3) is 0.562. The van der Waals surface area contributed by atoms with Crippen LogP contribution in [0.1, 0.15) is 64.6 Å². The van der Waals surface area contributed by atoms with Crippen LogP contribution in [0.2, 0.25) is 0 Å². The van der Waals surface area contributed by atoms with Crippen molar-refractivity contribution in [1.29, 1.82) is 0 Å². The average molecular weight is 303 g/mol. The van der Waals surface area contributed by atoms with E-state index in [0.29, 0.717) is 17.0 Å². The highest BCUT2D eigenvalue weighted by Gasteiger charge is 2.36. The van der Waals surface area contributed by atoms with E-state index in [-0.39, 0.29) is 11.9 Å². The zero-order chi connectivity index (χ0) is 15.9. The number of hydrogen-bond donors (Lipinski definition) is 0. The molecule has 2 aromatic heterocycles. The maximum Gasteiger partial charge on any atom is 0.259 e. The molecule has 0 aromatic carbocycles. The van der Waals surface area contributed by atoms with Crippen molar-refractivity contribution in [3.05, 3.63) is 34.0 Å². The van der Waals surface area contributed by atoms with Crippen molar-refractivity contribution in [3.8, 4) is 0 Å². The zero-order valence-corrected chi connectivity index (χ0v) is 13.5. The van der Waals surface area contributed by atoms with E-state index in [1.54, 1.807) is 13.8 Å². The van der Waals surface area contributed by atoms with Gasteiger partial charge in [0.1, 0.15) is 17.1 Å². The van der Waals surface area contributed by atoms with Gasteiger partial charge in [-0.25, -0.2) is 0 Å². The SMILES string of the molecule is CCc1onc(C)c1[C@@H]1CCCN1C(=O)c1c(C)noc1C. The van der Waals surface area contributed by atoms with Crippen LogP contribution in [-0.4, -0.2) is 27.7 Å². The first kappa shape index (κ1) is 14.8. The fourth-order valence-corrected chi connectivity index (χ4v) is 3.35. The number of nitrogens with zero attached hydrogens (tertiary/aromatic N) is 3. The Labute approximate surface area is 129 Å². The smallest absolute Gasteiger partial charge is 0.259 e. The first-order valence-corrected chi connectivity index (χ1v) is 7.73. The minimum absolute atomic E-state index is 0.0126. The lowest BCUT2D eigenvalue weighted by molar-refractivity contribution is 0.0732. The van der Waals surface area contributed by atoms with Crippen LogP contribution in [0.3, 0.4) is 0 Å². The van der Waals surface area contributed by atoms with E-state index in [0.717, 1.165) is 42.8 Å². The van der Waals surface area contributed by atoms with Crippen LogP contribution in [0.4, 0.5) is 0 Å². The Morgan fingerprint density at radius 2 is 1.95 bits per heavy atom. The molecule has 0 spiro atoms. The summed E-state index contributed by atoms with van der Waals surface area (Å²) in [7, 11) is 0. The molecule has 0 saturated carbocycles. The molecule has 0 radical (unpaired) electrons. The Morgan fingerprint density at radius 1 is 1.23 bits per heavy atom. The molecule has 0 aliphatic carbocycles. The van der Waals surface area contributed by atoms with Gasteiger partial charge >= 0.3 is 0 Å². The predicted octanol–water partition coefficient (Wildman–Crippen LogP) is 3.13. The molecule has 1 aliphatic heterocycles. The van der Waals surface area contributed by atoms with Gasteiger partial charge in [-0.1, -0.05) is 17.2 Å². The van der Waals surface area contributed by atoms with Crippen molar-refractivity contribution in [1.82, 2.24) is 15.2 Å². The third-order valence-corrected chi connectivity index (χ3v) is 4.40. The molecule has 0 N–H and O–H groups in total. The highest BCUT2D eigenvalue weighted by atomic mass is 16.5. The third-order valence-electron chi connectivity index (χ3n) is 4.40. The number of likely N-dealkylation sites (tertiary alicyclic amines) is 1. The highest BCUT2D eigenvalue weighted by molar-refractivity contribution is 5.96. The fourth-order valence-electron chi connectivity index (χ4n) is 3.35. The van der Waals surface area contributed by atoms with Gasteiger partial charge in [-0.15, -0.1) is 0 Å². The van der Waals surface area contributed by atoms with Crippen LogP contribution in [0.15, 0.2) is 9.05 Å². The minimum Gasteiger partial charge on any atom is -0.361 e. The van der Waals surface area contributed by atoms with E-state index in [2.05, 4.69) is 10.3 Å². The highest BCUT2D eigenvalue weighted by Crippen LogP contribution is 2.37. The van der Waals surface area contributed by atoms with E-state index in [4.69, 9.17) is 9.05 Å². The lowest BCUT2D eigenvalue weighted by atomic mass is 10.0. The van der Waals surface area contributed by atoms with Crippen LogP contribution in [0, 0.1) is 20.8 Å². The first-order valence-electron chi connectivity index (χ1n) is 7.73. The van der Waals surface area contributed by atoms with Gasteiger partial charge in [0.2, 0.25) is 0 Å². The van der Waals surface area contributed by atoms with Gasteiger partial charge in [0, 0.05) is 18.5 Å². The topological polar surface area (TPSA) is 72.4 Å². The molecule has 3 heterocycles. The molecule has 6 nitrogen and oxygen atoms in total. The minimum atomic E-state index is -0.0126. The summed E-state index contributed by atoms with van der Waals surface area (Å²) in [5.74, 6) is 1.44. The number of rotatable bonds is 3. The molecule has 6 heteroatoms. The molecular weight excluding hydrogens is 282 g/mol. The van der Waals surface area contributed by atoms with Crippen LogP contribution in [0.5, 0.6) is 0 Å². The largest absolute Gasteiger partial charge is 0.361 e. The Balaban J connectivity index is 1.97. The summed E-state index contributed by atoms with van der Waals surface area (Å²) >= 11 is 0. The van der Waals surface area contributed by atoms with Gasteiger partial charge in [0.05, 0.1) is 17.4 Å². The molecule has 3 rings (SSSR count).